The van der Waals surface area contributed by atoms with Crippen molar-refractivity contribution in [2.75, 3.05) is 18.4 Å². The molecule has 1 aromatic heterocycles. The van der Waals surface area contributed by atoms with Gasteiger partial charge in [0.05, 0.1) is 13.1 Å². The summed E-state index contributed by atoms with van der Waals surface area (Å²) >= 11 is 0. The first-order chi connectivity index (χ1) is 14.5. The van der Waals surface area contributed by atoms with Gasteiger partial charge in [-0.3, -0.25) is 25.2 Å². The molecule has 0 saturated carbocycles. The van der Waals surface area contributed by atoms with Crippen LogP contribution in [0.15, 0.2) is 65.2 Å². The molecular formula is C21H21N5O4. The second kappa shape index (κ2) is 9.87. The van der Waals surface area contributed by atoms with E-state index in [1.165, 1.54) is 6.07 Å². The lowest BCUT2D eigenvalue weighted by atomic mass is 10.1. The Bertz CT molecular complexity index is 1020. The monoisotopic (exact) mass is 407 g/mol. The van der Waals surface area contributed by atoms with E-state index in [0.29, 0.717) is 5.76 Å². The largest absolute Gasteiger partial charge is 0.376 e. The number of carbonyl (C=O) groups is 3. The molecule has 3 amide bonds. The van der Waals surface area contributed by atoms with Crippen LogP contribution in [0.1, 0.15) is 16.1 Å². The molecule has 0 saturated heterocycles. The number of hydrazine groups is 1. The van der Waals surface area contributed by atoms with Crippen molar-refractivity contribution in [1.82, 2.24) is 21.3 Å². The van der Waals surface area contributed by atoms with E-state index in [4.69, 9.17) is 4.52 Å². The van der Waals surface area contributed by atoms with Crippen molar-refractivity contribution in [3.63, 3.8) is 0 Å². The maximum Gasteiger partial charge on any atom is 0.273 e. The lowest BCUT2D eigenvalue weighted by Crippen LogP contribution is -2.48. The van der Waals surface area contributed by atoms with Gasteiger partial charge in [0.1, 0.15) is 0 Å². The van der Waals surface area contributed by atoms with E-state index in [9.17, 15) is 14.4 Å². The topological polar surface area (TPSA) is 125 Å². The number of nitrogens with one attached hydrogen (secondary N) is 4. The van der Waals surface area contributed by atoms with Gasteiger partial charge in [0.15, 0.2) is 11.5 Å². The molecule has 3 aromatic rings. The average molecular weight is 407 g/mol. The summed E-state index contributed by atoms with van der Waals surface area (Å²) in [5.41, 5.74) is 7.23. The Balaban J connectivity index is 1.38. The van der Waals surface area contributed by atoms with Crippen LogP contribution < -0.4 is 21.5 Å². The predicted octanol–water partition coefficient (Wildman–Crippen LogP) is 1.64. The van der Waals surface area contributed by atoms with Gasteiger partial charge >= 0.3 is 0 Å². The normalized spacial score (nSPS) is 10.2. The third kappa shape index (κ3) is 5.93. The SMILES string of the molecule is Cc1ccc(NCC(=O)NNC(=O)CNC(=O)c2cc(-c3ccccc3)on2)cc1. The molecule has 0 atom stereocenters. The van der Waals surface area contributed by atoms with Gasteiger partial charge in [-0.25, -0.2) is 0 Å². The molecule has 1 heterocycles. The van der Waals surface area contributed by atoms with Gasteiger partial charge in [-0.05, 0) is 19.1 Å². The Morgan fingerprint density at radius 3 is 2.27 bits per heavy atom. The average Bonchev–Trinajstić information content (AvgIpc) is 3.27. The van der Waals surface area contributed by atoms with E-state index in [0.717, 1.165) is 16.8 Å². The molecule has 4 N–H and O–H groups in total. The third-order valence-electron chi connectivity index (χ3n) is 4.06. The minimum Gasteiger partial charge on any atom is -0.376 e. The zero-order valence-electron chi connectivity index (χ0n) is 16.3. The minimum atomic E-state index is -0.584. The summed E-state index contributed by atoms with van der Waals surface area (Å²) in [6, 6.07) is 18.2. The standard InChI is InChI=1S/C21H21N5O4/c1-14-7-9-16(10-8-14)22-12-19(27)24-25-20(28)13-23-21(29)17-11-18(30-26-17)15-5-3-2-4-6-15/h2-11,22H,12-13H2,1H3,(H,23,29)(H,24,27)(H,25,28). The fourth-order valence-electron chi connectivity index (χ4n) is 2.45. The van der Waals surface area contributed by atoms with Gasteiger partial charge in [-0.15, -0.1) is 0 Å². The van der Waals surface area contributed by atoms with Gasteiger partial charge in [0, 0.05) is 17.3 Å². The Hall–Kier alpha value is -4.14. The summed E-state index contributed by atoms with van der Waals surface area (Å²) in [4.78, 5) is 35.7. The number of hydrogen-bond acceptors (Lipinski definition) is 6. The second-order valence-electron chi connectivity index (χ2n) is 6.44. The highest BCUT2D eigenvalue weighted by Crippen LogP contribution is 2.19. The number of aryl methyl sites for hydroxylation is 1. The van der Waals surface area contributed by atoms with E-state index < -0.39 is 17.7 Å². The van der Waals surface area contributed by atoms with Crippen LogP contribution in [0.25, 0.3) is 11.3 Å². The lowest BCUT2D eigenvalue weighted by Gasteiger charge is -2.09. The van der Waals surface area contributed by atoms with Gasteiger partial charge in [-0.1, -0.05) is 53.2 Å². The van der Waals surface area contributed by atoms with Crippen LogP contribution >= 0.6 is 0 Å². The molecule has 154 valence electrons. The third-order valence-corrected chi connectivity index (χ3v) is 4.06. The quantitative estimate of drug-likeness (QED) is 0.441. The molecule has 0 spiro atoms. The summed E-state index contributed by atoms with van der Waals surface area (Å²) in [6.07, 6.45) is 0. The van der Waals surface area contributed by atoms with Crippen molar-refractivity contribution < 1.29 is 18.9 Å². The van der Waals surface area contributed by atoms with E-state index in [2.05, 4.69) is 26.6 Å². The molecule has 0 bridgehead atoms. The summed E-state index contributed by atoms with van der Waals surface area (Å²) in [6.45, 7) is 1.62. The van der Waals surface area contributed by atoms with E-state index in [1.807, 2.05) is 61.5 Å². The summed E-state index contributed by atoms with van der Waals surface area (Å²) in [5, 5.41) is 9.05. The van der Waals surface area contributed by atoms with Crippen LogP contribution in [0.2, 0.25) is 0 Å². The fourth-order valence-corrected chi connectivity index (χ4v) is 2.45. The Kier molecular flexibility index (Phi) is 6.78. The molecular weight excluding hydrogens is 386 g/mol. The van der Waals surface area contributed by atoms with Gasteiger partial charge in [0.2, 0.25) is 0 Å². The van der Waals surface area contributed by atoms with Crippen molar-refractivity contribution in [2.24, 2.45) is 0 Å². The van der Waals surface area contributed by atoms with Crippen LogP contribution in [0, 0.1) is 6.92 Å². The van der Waals surface area contributed by atoms with Crippen LogP contribution in [-0.4, -0.2) is 36.0 Å². The Morgan fingerprint density at radius 1 is 0.900 bits per heavy atom. The predicted molar refractivity (Wildman–Crippen MR) is 110 cm³/mol. The van der Waals surface area contributed by atoms with Gasteiger partial charge in [-0.2, -0.15) is 0 Å². The molecule has 0 fully saturated rings. The molecule has 0 aliphatic carbocycles. The molecule has 0 radical (unpaired) electrons. The molecule has 3 rings (SSSR count). The van der Waals surface area contributed by atoms with Gasteiger partial charge < -0.3 is 15.2 Å². The van der Waals surface area contributed by atoms with Crippen molar-refractivity contribution in [2.45, 2.75) is 6.92 Å². The first-order valence-corrected chi connectivity index (χ1v) is 9.20. The van der Waals surface area contributed by atoms with Crippen molar-refractivity contribution in [3.8, 4) is 11.3 Å². The van der Waals surface area contributed by atoms with Gasteiger partial charge in [0.25, 0.3) is 17.7 Å². The highest BCUT2D eigenvalue weighted by atomic mass is 16.5. The summed E-state index contributed by atoms with van der Waals surface area (Å²) < 4.78 is 5.15. The number of aromatic nitrogens is 1. The number of anilines is 1. The van der Waals surface area contributed by atoms with Crippen molar-refractivity contribution in [3.05, 3.63) is 71.9 Å². The Labute approximate surface area is 172 Å². The molecule has 0 aliphatic heterocycles. The lowest BCUT2D eigenvalue weighted by molar-refractivity contribution is -0.127. The van der Waals surface area contributed by atoms with Crippen LogP contribution in [-0.2, 0) is 9.59 Å². The molecule has 0 aliphatic rings. The highest BCUT2D eigenvalue weighted by Gasteiger charge is 2.14. The first kappa shape index (κ1) is 20.6. The first-order valence-electron chi connectivity index (χ1n) is 9.20. The van der Waals surface area contributed by atoms with E-state index in [1.54, 1.807) is 0 Å². The maximum absolute atomic E-state index is 12.1. The van der Waals surface area contributed by atoms with Crippen molar-refractivity contribution >= 4 is 23.4 Å². The number of hydrogen-bond donors (Lipinski definition) is 4. The van der Waals surface area contributed by atoms with Crippen LogP contribution in [0.4, 0.5) is 5.69 Å². The number of benzene rings is 2. The van der Waals surface area contributed by atoms with Crippen molar-refractivity contribution in [1.29, 1.82) is 0 Å². The minimum absolute atomic E-state index is 0.0170. The zero-order chi connectivity index (χ0) is 21.3. The second-order valence-corrected chi connectivity index (χ2v) is 6.44. The Morgan fingerprint density at radius 2 is 1.57 bits per heavy atom. The number of amides is 3. The molecule has 30 heavy (non-hydrogen) atoms. The molecule has 9 nitrogen and oxygen atoms in total. The van der Waals surface area contributed by atoms with E-state index in [-0.39, 0.29) is 18.8 Å². The highest BCUT2D eigenvalue weighted by molar-refractivity contribution is 5.95. The number of rotatable bonds is 7. The fraction of sp³-hybridized carbons (Fsp3) is 0.143. The smallest absolute Gasteiger partial charge is 0.273 e. The zero-order valence-corrected chi connectivity index (χ0v) is 16.3. The molecule has 9 heteroatoms. The van der Waals surface area contributed by atoms with E-state index >= 15 is 0 Å². The summed E-state index contributed by atoms with van der Waals surface area (Å²) in [7, 11) is 0. The van der Waals surface area contributed by atoms with Crippen LogP contribution in [0.3, 0.4) is 0 Å². The molecule has 2 aromatic carbocycles. The number of nitrogens with zero attached hydrogens (tertiary/aromatic N) is 1. The molecule has 0 unspecified atom stereocenters. The summed E-state index contributed by atoms with van der Waals surface area (Å²) in [5.74, 6) is -1.14. The number of carbonyl (C=O) groups excluding carboxylic acids is 3. The van der Waals surface area contributed by atoms with Crippen LogP contribution in [0.5, 0.6) is 0 Å². The maximum atomic E-state index is 12.1.